The van der Waals surface area contributed by atoms with Gasteiger partial charge in [0.1, 0.15) is 0 Å². The first-order valence-corrected chi connectivity index (χ1v) is 11.5. The summed E-state index contributed by atoms with van der Waals surface area (Å²) < 4.78 is 32.7. The van der Waals surface area contributed by atoms with Crippen LogP contribution in [0.2, 0.25) is 0 Å². The number of nitrogens with zero attached hydrogens (tertiary/aromatic N) is 4. The molecule has 1 aliphatic rings. The molecule has 8 nitrogen and oxygen atoms in total. The molecule has 0 saturated carbocycles. The molecule has 1 aromatic carbocycles. The van der Waals surface area contributed by atoms with E-state index in [0.717, 1.165) is 12.8 Å². The SMILES string of the molecule is CCCc1noc(CCC(=O)N2CCN(S(=O)(=O)c3ccccc3Br)CC2)n1. The molecule has 1 saturated heterocycles. The van der Waals surface area contributed by atoms with Gasteiger partial charge >= 0.3 is 0 Å². The van der Waals surface area contributed by atoms with E-state index in [1.807, 2.05) is 6.92 Å². The van der Waals surface area contributed by atoms with Crippen LogP contribution in [0.3, 0.4) is 0 Å². The Kier molecular flexibility index (Phi) is 6.84. The maximum atomic E-state index is 12.8. The minimum atomic E-state index is -3.58. The lowest BCUT2D eigenvalue weighted by molar-refractivity contribution is -0.132. The Bertz CT molecular complexity index is 923. The molecule has 0 bridgehead atoms. The number of hydrogen-bond donors (Lipinski definition) is 0. The lowest BCUT2D eigenvalue weighted by Crippen LogP contribution is -2.50. The van der Waals surface area contributed by atoms with E-state index in [1.54, 1.807) is 29.2 Å². The fraction of sp³-hybridized carbons (Fsp3) is 0.500. The Morgan fingerprint density at radius 3 is 2.57 bits per heavy atom. The van der Waals surface area contributed by atoms with Crippen LogP contribution < -0.4 is 0 Å². The van der Waals surface area contributed by atoms with E-state index >= 15 is 0 Å². The molecule has 0 atom stereocenters. The molecule has 10 heteroatoms. The van der Waals surface area contributed by atoms with Crippen molar-refractivity contribution in [1.29, 1.82) is 0 Å². The molecule has 1 amide bonds. The monoisotopic (exact) mass is 470 g/mol. The molecule has 3 rings (SSSR count). The zero-order valence-electron chi connectivity index (χ0n) is 15.7. The normalized spacial score (nSPS) is 15.7. The summed E-state index contributed by atoms with van der Waals surface area (Å²) in [5, 5.41) is 3.88. The van der Waals surface area contributed by atoms with Crippen LogP contribution in [0.25, 0.3) is 0 Å². The second-order valence-electron chi connectivity index (χ2n) is 6.57. The lowest BCUT2D eigenvalue weighted by atomic mass is 10.2. The molecule has 152 valence electrons. The van der Waals surface area contributed by atoms with E-state index in [0.29, 0.717) is 35.7 Å². The number of amides is 1. The fourth-order valence-corrected chi connectivity index (χ4v) is 5.45. The van der Waals surface area contributed by atoms with E-state index in [4.69, 9.17) is 4.52 Å². The van der Waals surface area contributed by atoms with Crippen LogP contribution >= 0.6 is 15.9 Å². The van der Waals surface area contributed by atoms with E-state index < -0.39 is 10.0 Å². The van der Waals surface area contributed by atoms with Gasteiger partial charge in [-0.3, -0.25) is 4.79 Å². The molecule has 0 aliphatic carbocycles. The summed E-state index contributed by atoms with van der Waals surface area (Å²) in [6, 6.07) is 6.75. The van der Waals surface area contributed by atoms with Gasteiger partial charge in [-0.05, 0) is 34.5 Å². The standard InChI is InChI=1S/C18H23BrN4O4S/c1-2-5-16-20-17(27-21-16)8-9-18(24)22-10-12-23(13-11-22)28(25,26)15-7-4-3-6-14(15)19/h3-4,6-7H,2,5,8-13H2,1H3. The van der Waals surface area contributed by atoms with Gasteiger partial charge in [-0.2, -0.15) is 9.29 Å². The predicted molar refractivity (Wildman–Crippen MR) is 106 cm³/mol. The number of aromatic nitrogens is 2. The highest BCUT2D eigenvalue weighted by atomic mass is 79.9. The maximum Gasteiger partial charge on any atom is 0.244 e. The highest BCUT2D eigenvalue weighted by molar-refractivity contribution is 9.10. The Morgan fingerprint density at radius 1 is 1.18 bits per heavy atom. The van der Waals surface area contributed by atoms with Gasteiger partial charge in [0.05, 0.1) is 4.90 Å². The Labute approximate surface area is 173 Å². The number of carbonyl (C=O) groups excluding carboxylic acids is 1. The van der Waals surface area contributed by atoms with Crippen molar-refractivity contribution in [2.45, 2.75) is 37.5 Å². The van der Waals surface area contributed by atoms with Gasteiger partial charge in [-0.15, -0.1) is 0 Å². The van der Waals surface area contributed by atoms with E-state index in [1.165, 1.54) is 4.31 Å². The van der Waals surface area contributed by atoms with Crippen molar-refractivity contribution in [2.24, 2.45) is 0 Å². The van der Waals surface area contributed by atoms with Gasteiger partial charge in [0.15, 0.2) is 5.82 Å². The van der Waals surface area contributed by atoms with Crippen molar-refractivity contribution in [3.8, 4) is 0 Å². The minimum absolute atomic E-state index is 0.0341. The molecular formula is C18H23BrN4O4S. The number of benzene rings is 1. The number of hydrogen-bond acceptors (Lipinski definition) is 6. The van der Waals surface area contributed by atoms with Crippen molar-refractivity contribution in [2.75, 3.05) is 26.2 Å². The molecule has 2 heterocycles. The first kappa shape index (κ1) is 20.9. The molecule has 0 unspecified atom stereocenters. The first-order valence-electron chi connectivity index (χ1n) is 9.25. The molecule has 2 aromatic rings. The van der Waals surface area contributed by atoms with E-state index in [9.17, 15) is 13.2 Å². The zero-order valence-corrected chi connectivity index (χ0v) is 18.1. The van der Waals surface area contributed by atoms with Crippen molar-refractivity contribution >= 4 is 31.9 Å². The quantitative estimate of drug-likeness (QED) is 0.615. The molecule has 1 fully saturated rings. The summed E-state index contributed by atoms with van der Waals surface area (Å²) in [6.07, 6.45) is 2.35. The second-order valence-corrected chi connectivity index (χ2v) is 9.33. The van der Waals surface area contributed by atoms with Crippen LogP contribution in [-0.2, 0) is 27.7 Å². The van der Waals surface area contributed by atoms with Gasteiger partial charge in [0.2, 0.25) is 21.8 Å². The van der Waals surface area contributed by atoms with Crippen LogP contribution in [0.1, 0.15) is 31.5 Å². The van der Waals surface area contributed by atoms with Crippen LogP contribution in [0.15, 0.2) is 38.2 Å². The van der Waals surface area contributed by atoms with Gasteiger partial charge in [0, 0.05) is 49.9 Å². The third-order valence-electron chi connectivity index (χ3n) is 4.58. The summed E-state index contributed by atoms with van der Waals surface area (Å²) in [7, 11) is -3.58. The smallest absolute Gasteiger partial charge is 0.244 e. The number of carbonyl (C=O) groups is 1. The van der Waals surface area contributed by atoms with E-state index in [-0.39, 0.29) is 30.3 Å². The highest BCUT2D eigenvalue weighted by Crippen LogP contribution is 2.25. The summed E-state index contributed by atoms with van der Waals surface area (Å²) in [5.74, 6) is 1.09. The predicted octanol–water partition coefficient (Wildman–Crippen LogP) is 2.25. The fourth-order valence-electron chi connectivity index (χ4n) is 3.06. The molecule has 0 N–H and O–H groups in total. The summed E-state index contributed by atoms with van der Waals surface area (Å²) >= 11 is 3.30. The molecule has 28 heavy (non-hydrogen) atoms. The number of aryl methyl sites for hydroxylation is 2. The van der Waals surface area contributed by atoms with Crippen LogP contribution in [0, 0.1) is 0 Å². The number of sulfonamides is 1. The number of rotatable bonds is 7. The molecule has 1 aliphatic heterocycles. The van der Waals surface area contributed by atoms with Crippen molar-refractivity contribution in [1.82, 2.24) is 19.3 Å². The average molecular weight is 471 g/mol. The second kappa shape index (κ2) is 9.15. The maximum absolute atomic E-state index is 12.8. The van der Waals surface area contributed by atoms with Gasteiger partial charge < -0.3 is 9.42 Å². The Morgan fingerprint density at radius 2 is 1.89 bits per heavy atom. The summed E-state index contributed by atoms with van der Waals surface area (Å²) in [5.41, 5.74) is 0. The average Bonchev–Trinajstić information content (AvgIpc) is 3.14. The summed E-state index contributed by atoms with van der Waals surface area (Å²) in [6.45, 7) is 3.32. The van der Waals surface area contributed by atoms with Gasteiger partial charge in [0.25, 0.3) is 0 Å². The third kappa shape index (κ3) is 4.79. The van der Waals surface area contributed by atoms with Gasteiger partial charge in [-0.1, -0.05) is 24.2 Å². The Balaban J connectivity index is 1.53. The largest absolute Gasteiger partial charge is 0.340 e. The zero-order chi connectivity index (χ0) is 20.1. The molecule has 0 radical (unpaired) electrons. The number of halogens is 1. The lowest BCUT2D eigenvalue weighted by Gasteiger charge is -2.34. The van der Waals surface area contributed by atoms with E-state index in [2.05, 4.69) is 26.1 Å². The molecule has 0 spiro atoms. The first-order chi connectivity index (χ1) is 13.4. The van der Waals surface area contributed by atoms with Crippen molar-refractivity contribution < 1.29 is 17.7 Å². The van der Waals surface area contributed by atoms with Crippen LogP contribution in [-0.4, -0.2) is 59.8 Å². The summed E-state index contributed by atoms with van der Waals surface area (Å²) in [4.78, 5) is 18.6. The van der Waals surface area contributed by atoms with Crippen molar-refractivity contribution in [3.05, 3.63) is 40.5 Å². The topological polar surface area (TPSA) is 96.6 Å². The van der Waals surface area contributed by atoms with Crippen LogP contribution in [0.5, 0.6) is 0 Å². The number of piperazine rings is 1. The molecule has 1 aromatic heterocycles. The minimum Gasteiger partial charge on any atom is -0.340 e. The Hall–Kier alpha value is -1.78. The van der Waals surface area contributed by atoms with Crippen molar-refractivity contribution in [3.63, 3.8) is 0 Å². The third-order valence-corrected chi connectivity index (χ3v) is 7.49. The van der Waals surface area contributed by atoms with Gasteiger partial charge in [-0.25, -0.2) is 8.42 Å². The van der Waals surface area contributed by atoms with Crippen LogP contribution in [0.4, 0.5) is 0 Å². The molecular weight excluding hydrogens is 448 g/mol. The highest BCUT2D eigenvalue weighted by Gasteiger charge is 2.31.